The zero-order valence-corrected chi connectivity index (χ0v) is 15.3. The van der Waals surface area contributed by atoms with Gasteiger partial charge in [-0.25, -0.2) is 0 Å². The standard InChI is InChI=1S/C20H34O3/c1-13(10-18(22)23)6-8-16-14(2)7-9-17-19(3,4)11-15(21)12-20(16,17)5/h13,15-17,21H,2,6-12H2,1,3-5H3,(H,22,23)/t13-,15-,16-,17+,20-/m1/s1. The lowest BCUT2D eigenvalue weighted by Gasteiger charge is -2.59. The molecular weight excluding hydrogens is 288 g/mol. The molecule has 0 spiro atoms. The van der Waals surface area contributed by atoms with Crippen LogP contribution in [0.5, 0.6) is 0 Å². The number of aliphatic hydroxyl groups is 1. The van der Waals surface area contributed by atoms with Crippen molar-refractivity contribution in [2.45, 2.75) is 78.7 Å². The van der Waals surface area contributed by atoms with Gasteiger partial charge in [-0.3, -0.25) is 4.79 Å². The van der Waals surface area contributed by atoms with E-state index in [1.165, 1.54) is 12.0 Å². The second-order valence-electron chi connectivity index (χ2n) is 9.14. The summed E-state index contributed by atoms with van der Waals surface area (Å²) in [7, 11) is 0. The van der Waals surface area contributed by atoms with Gasteiger partial charge in [0.05, 0.1) is 6.10 Å². The molecule has 2 rings (SSSR count). The van der Waals surface area contributed by atoms with Crippen molar-refractivity contribution in [3.63, 3.8) is 0 Å². The van der Waals surface area contributed by atoms with Crippen LogP contribution in [-0.2, 0) is 4.79 Å². The summed E-state index contributed by atoms with van der Waals surface area (Å²) in [6.07, 6.45) is 5.95. The van der Waals surface area contributed by atoms with Crippen LogP contribution in [0.2, 0.25) is 0 Å². The van der Waals surface area contributed by atoms with Crippen LogP contribution in [0.15, 0.2) is 12.2 Å². The van der Waals surface area contributed by atoms with Gasteiger partial charge in [0.15, 0.2) is 0 Å². The molecule has 0 amide bonds. The number of aliphatic hydroxyl groups excluding tert-OH is 1. The van der Waals surface area contributed by atoms with E-state index in [1.54, 1.807) is 0 Å². The molecule has 0 aromatic carbocycles. The fourth-order valence-electron chi connectivity index (χ4n) is 5.83. The Bertz CT molecular complexity index is 468. The van der Waals surface area contributed by atoms with E-state index in [9.17, 15) is 9.90 Å². The van der Waals surface area contributed by atoms with Crippen molar-refractivity contribution in [2.75, 3.05) is 0 Å². The summed E-state index contributed by atoms with van der Waals surface area (Å²) >= 11 is 0. The largest absolute Gasteiger partial charge is 0.481 e. The predicted molar refractivity (Wildman–Crippen MR) is 93.1 cm³/mol. The zero-order chi connectivity index (χ0) is 17.4. The lowest BCUT2D eigenvalue weighted by atomic mass is 9.46. The molecule has 0 saturated heterocycles. The number of hydrogen-bond donors (Lipinski definition) is 2. The van der Waals surface area contributed by atoms with E-state index in [-0.39, 0.29) is 29.3 Å². The van der Waals surface area contributed by atoms with Crippen molar-refractivity contribution in [2.24, 2.45) is 28.6 Å². The number of rotatable bonds is 5. The van der Waals surface area contributed by atoms with Gasteiger partial charge in [0.2, 0.25) is 0 Å². The number of allylic oxidation sites excluding steroid dienone is 1. The maximum atomic E-state index is 10.9. The maximum Gasteiger partial charge on any atom is 0.303 e. The van der Waals surface area contributed by atoms with Crippen molar-refractivity contribution >= 4 is 5.97 Å². The van der Waals surface area contributed by atoms with E-state index in [4.69, 9.17) is 5.11 Å². The highest BCUT2D eigenvalue weighted by molar-refractivity contribution is 5.66. The van der Waals surface area contributed by atoms with Crippen molar-refractivity contribution in [1.29, 1.82) is 0 Å². The summed E-state index contributed by atoms with van der Waals surface area (Å²) in [4.78, 5) is 10.9. The maximum absolute atomic E-state index is 10.9. The summed E-state index contributed by atoms with van der Waals surface area (Å²) in [6, 6.07) is 0. The summed E-state index contributed by atoms with van der Waals surface area (Å²) in [5, 5.41) is 19.4. The molecule has 0 aromatic rings. The van der Waals surface area contributed by atoms with E-state index in [0.717, 1.165) is 32.1 Å². The Balaban J connectivity index is 2.16. The van der Waals surface area contributed by atoms with Crippen molar-refractivity contribution in [3.05, 3.63) is 12.2 Å². The molecule has 0 aromatic heterocycles. The second kappa shape index (κ2) is 6.58. The molecule has 0 bridgehead atoms. The van der Waals surface area contributed by atoms with Gasteiger partial charge in [-0.1, -0.05) is 39.8 Å². The van der Waals surface area contributed by atoms with Crippen molar-refractivity contribution in [1.82, 2.24) is 0 Å². The Hall–Kier alpha value is -0.830. The van der Waals surface area contributed by atoms with Crippen LogP contribution in [0.3, 0.4) is 0 Å². The molecule has 2 aliphatic rings. The Morgan fingerprint density at radius 3 is 2.61 bits per heavy atom. The van der Waals surface area contributed by atoms with Crippen LogP contribution < -0.4 is 0 Å². The van der Waals surface area contributed by atoms with E-state index in [2.05, 4.69) is 27.4 Å². The Morgan fingerprint density at radius 1 is 1.35 bits per heavy atom. The van der Waals surface area contributed by atoms with Crippen molar-refractivity contribution in [3.8, 4) is 0 Å². The van der Waals surface area contributed by atoms with Crippen LogP contribution in [-0.4, -0.2) is 22.3 Å². The van der Waals surface area contributed by atoms with E-state index < -0.39 is 5.97 Å². The van der Waals surface area contributed by atoms with E-state index >= 15 is 0 Å². The number of aliphatic carboxylic acids is 1. The first-order valence-corrected chi connectivity index (χ1v) is 9.14. The van der Waals surface area contributed by atoms with Gasteiger partial charge >= 0.3 is 5.97 Å². The van der Waals surface area contributed by atoms with Gasteiger partial charge in [-0.05, 0) is 67.1 Å². The lowest BCUT2D eigenvalue weighted by Crippen LogP contribution is -2.53. The number of carboxylic acids is 1. The Labute approximate surface area is 141 Å². The highest BCUT2D eigenvalue weighted by Gasteiger charge is 2.54. The summed E-state index contributed by atoms with van der Waals surface area (Å²) in [5.41, 5.74) is 1.58. The number of fused-ring (bicyclic) bond motifs is 1. The van der Waals surface area contributed by atoms with Crippen LogP contribution in [0.4, 0.5) is 0 Å². The molecule has 0 radical (unpaired) electrons. The molecule has 2 aliphatic carbocycles. The van der Waals surface area contributed by atoms with Crippen LogP contribution in [0.25, 0.3) is 0 Å². The van der Waals surface area contributed by atoms with Crippen LogP contribution in [0, 0.1) is 28.6 Å². The zero-order valence-electron chi connectivity index (χ0n) is 15.3. The van der Waals surface area contributed by atoms with Crippen LogP contribution >= 0.6 is 0 Å². The molecule has 0 unspecified atom stereocenters. The first-order valence-electron chi connectivity index (χ1n) is 9.14. The van der Waals surface area contributed by atoms with Gasteiger partial charge in [0, 0.05) is 6.42 Å². The third-order valence-electron chi connectivity index (χ3n) is 6.69. The second-order valence-corrected chi connectivity index (χ2v) is 9.14. The smallest absolute Gasteiger partial charge is 0.303 e. The molecule has 0 aliphatic heterocycles. The highest BCUT2D eigenvalue weighted by Crippen LogP contribution is 2.61. The summed E-state index contributed by atoms with van der Waals surface area (Å²) < 4.78 is 0. The molecule has 3 nitrogen and oxygen atoms in total. The first kappa shape index (κ1) is 18.5. The third-order valence-corrected chi connectivity index (χ3v) is 6.69. The summed E-state index contributed by atoms with van der Waals surface area (Å²) in [5.74, 6) is 0.513. The monoisotopic (exact) mass is 322 g/mol. The van der Waals surface area contributed by atoms with Gasteiger partial charge in [0.25, 0.3) is 0 Å². The van der Waals surface area contributed by atoms with Crippen molar-refractivity contribution < 1.29 is 15.0 Å². The summed E-state index contributed by atoms with van der Waals surface area (Å²) in [6.45, 7) is 13.3. The minimum Gasteiger partial charge on any atom is -0.481 e. The van der Waals surface area contributed by atoms with Gasteiger partial charge in [0.1, 0.15) is 0 Å². The topological polar surface area (TPSA) is 57.5 Å². The number of carboxylic acid groups (broad SMARTS) is 1. The third kappa shape index (κ3) is 3.81. The molecule has 132 valence electrons. The normalized spacial score (nSPS) is 38.0. The van der Waals surface area contributed by atoms with Crippen LogP contribution in [0.1, 0.15) is 72.6 Å². The number of carbonyl (C=O) groups is 1. The Kier molecular flexibility index (Phi) is 5.30. The predicted octanol–water partition coefficient (Wildman–Crippen LogP) is 4.65. The van der Waals surface area contributed by atoms with E-state index in [0.29, 0.717) is 11.8 Å². The van der Waals surface area contributed by atoms with Gasteiger partial charge in [-0.2, -0.15) is 0 Å². The van der Waals surface area contributed by atoms with Gasteiger partial charge in [-0.15, -0.1) is 0 Å². The molecule has 0 heterocycles. The molecule has 5 atom stereocenters. The lowest BCUT2D eigenvalue weighted by molar-refractivity contribution is -0.138. The molecule has 2 N–H and O–H groups in total. The molecule has 2 fully saturated rings. The average Bonchev–Trinajstić information content (AvgIpc) is 2.34. The first-order chi connectivity index (χ1) is 10.6. The molecule has 3 heteroatoms. The van der Waals surface area contributed by atoms with E-state index in [1.807, 2.05) is 6.92 Å². The average molecular weight is 322 g/mol. The SMILES string of the molecule is C=C1CC[C@H]2C(C)(C)C[C@@H](O)C[C@]2(C)[C@@H]1CC[C@@H](C)CC(=O)O. The molecular formula is C20H34O3. The fraction of sp³-hybridized carbons (Fsp3) is 0.850. The quantitative estimate of drug-likeness (QED) is 0.725. The van der Waals surface area contributed by atoms with Gasteiger partial charge < -0.3 is 10.2 Å². The molecule has 23 heavy (non-hydrogen) atoms. The number of hydrogen-bond acceptors (Lipinski definition) is 2. The Morgan fingerprint density at radius 2 is 2.00 bits per heavy atom. The minimum absolute atomic E-state index is 0.0967. The fourth-order valence-corrected chi connectivity index (χ4v) is 5.83. The minimum atomic E-state index is -0.710. The highest BCUT2D eigenvalue weighted by atomic mass is 16.4. The molecule has 2 saturated carbocycles.